The number of rotatable bonds is 9. The van der Waals surface area contributed by atoms with Crippen LogP contribution < -0.4 is 5.32 Å². The summed E-state index contributed by atoms with van der Waals surface area (Å²) in [4.78, 5) is 27.9. The van der Waals surface area contributed by atoms with Crippen molar-refractivity contribution in [1.29, 1.82) is 0 Å². The Balaban J connectivity index is 2.29. The van der Waals surface area contributed by atoms with Gasteiger partial charge in [0.05, 0.1) is 6.42 Å². The summed E-state index contributed by atoms with van der Waals surface area (Å²) in [7, 11) is 0. The zero-order valence-electron chi connectivity index (χ0n) is 17.7. The van der Waals surface area contributed by atoms with Crippen LogP contribution in [-0.4, -0.2) is 29.3 Å². The molecule has 0 aliphatic carbocycles. The topological polar surface area (TPSA) is 49.4 Å². The van der Waals surface area contributed by atoms with Crippen molar-refractivity contribution in [2.45, 2.75) is 53.1 Å². The van der Waals surface area contributed by atoms with Gasteiger partial charge in [0.2, 0.25) is 11.8 Å². The van der Waals surface area contributed by atoms with E-state index in [9.17, 15) is 9.59 Å². The molecule has 4 nitrogen and oxygen atoms in total. The number of hydrogen-bond acceptors (Lipinski definition) is 2. The van der Waals surface area contributed by atoms with Crippen molar-refractivity contribution in [1.82, 2.24) is 10.2 Å². The van der Waals surface area contributed by atoms with E-state index in [-0.39, 0.29) is 18.2 Å². The maximum atomic E-state index is 13.3. The van der Waals surface area contributed by atoms with Gasteiger partial charge in [-0.3, -0.25) is 9.59 Å². The molecule has 1 N–H and O–H groups in total. The summed E-state index contributed by atoms with van der Waals surface area (Å²) in [5.41, 5.74) is 2.99. The molecule has 1 unspecified atom stereocenters. The van der Waals surface area contributed by atoms with Crippen LogP contribution in [-0.2, 0) is 22.6 Å². The van der Waals surface area contributed by atoms with Crippen molar-refractivity contribution in [2.24, 2.45) is 5.92 Å². The van der Waals surface area contributed by atoms with E-state index in [0.29, 0.717) is 30.5 Å². The largest absolute Gasteiger partial charge is 0.354 e. The minimum atomic E-state index is -0.514. The van der Waals surface area contributed by atoms with Crippen LogP contribution in [0.2, 0.25) is 5.02 Å². The molecule has 0 radical (unpaired) electrons. The molecule has 0 spiro atoms. The number of halogens is 1. The molecule has 0 aliphatic heterocycles. The van der Waals surface area contributed by atoms with Gasteiger partial charge in [-0.25, -0.2) is 0 Å². The third-order valence-corrected chi connectivity index (χ3v) is 5.15. The number of benzene rings is 2. The molecule has 29 heavy (non-hydrogen) atoms. The highest BCUT2D eigenvalue weighted by Crippen LogP contribution is 2.18. The SMILES string of the molecule is CCC(C(=O)NCC(C)C)N(Cc1ccccc1C)C(=O)Cc1cccc(Cl)c1. The minimum Gasteiger partial charge on any atom is -0.354 e. The average Bonchev–Trinajstić information content (AvgIpc) is 2.67. The molecule has 2 aromatic carbocycles. The van der Waals surface area contributed by atoms with Gasteiger partial charge in [-0.05, 0) is 48.1 Å². The second-order valence-electron chi connectivity index (χ2n) is 7.82. The highest BCUT2D eigenvalue weighted by molar-refractivity contribution is 6.30. The summed E-state index contributed by atoms with van der Waals surface area (Å²) in [6.07, 6.45) is 0.761. The zero-order valence-corrected chi connectivity index (χ0v) is 18.5. The molecular formula is C24H31ClN2O2. The predicted octanol–water partition coefficient (Wildman–Crippen LogP) is 4.77. The summed E-state index contributed by atoms with van der Waals surface area (Å²) in [5, 5.41) is 3.59. The summed E-state index contributed by atoms with van der Waals surface area (Å²) in [6.45, 7) is 9.06. The molecule has 5 heteroatoms. The second kappa shape index (κ2) is 11.0. The molecule has 0 saturated carbocycles. The summed E-state index contributed by atoms with van der Waals surface area (Å²) in [5.74, 6) is 0.166. The van der Waals surface area contributed by atoms with Crippen LogP contribution in [0.1, 0.15) is 43.9 Å². The van der Waals surface area contributed by atoms with E-state index in [1.54, 1.807) is 17.0 Å². The first-order chi connectivity index (χ1) is 13.8. The number of carbonyl (C=O) groups excluding carboxylic acids is 2. The van der Waals surface area contributed by atoms with E-state index in [1.165, 1.54) is 0 Å². The lowest BCUT2D eigenvalue weighted by atomic mass is 10.0. The molecule has 0 aromatic heterocycles. The molecule has 156 valence electrons. The highest BCUT2D eigenvalue weighted by Gasteiger charge is 2.29. The van der Waals surface area contributed by atoms with E-state index in [1.807, 2.05) is 50.2 Å². The quantitative estimate of drug-likeness (QED) is 0.642. The van der Waals surface area contributed by atoms with E-state index in [4.69, 9.17) is 11.6 Å². The van der Waals surface area contributed by atoms with Crippen LogP contribution in [0.25, 0.3) is 0 Å². The van der Waals surface area contributed by atoms with Gasteiger partial charge < -0.3 is 10.2 Å². The van der Waals surface area contributed by atoms with Crippen LogP contribution in [0.3, 0.4) is 0 Å². The Morgan fingerprint density at radius 1 is 1.10 bits per heavy atom. The molecule has 2 rings (SSSR count). The molecule has 0 bridgehead atoms. The minimum absolute atomic E-state index is 0.0814. The Bertz CT molecular complexity index is 835. The standard InChI is InChI=1S/C24H31ClN2O2/c1-5-22(24(29)26-15-17(2)3)27(16-20-11-7-6-9-18(20)4)23(28)14-19-10-8-12-21(25)13-19/h6-13,17,22H,5,14-16H2,1-4H3,(H,26,29). The van der Waals surface area contributed by atoms with Crippen LogP contribution in [0, 0.1) is 12.8 Å². The van der Waals surface area contributed by atoms with Gasteiger partial charge in [-0.15, -0.1) is 0 Å². The smallest absolute Gasteiger partial charge is 0.242 e. The Morgan fingerprint density at radius 2 is 1.83 bits per heavy atom. The maximum absolute atomic E-state index is 13.3. The number of carbonyl (C=O) groups is 2. The van der Waals surface area contributed by atoms with Crippen LogP contribution >= 0.6 is 11.6 Å². The number of nitrogens with one attached hydrogen (secondary N) is 1. The third kappa shape index (κ3) is 6.90. The Kier molecular flexibility index (Phi) is 8.71. The fourth-order valence-corrected chi connectivity index (χ4v) is 3.45. The van der Waals surface area contributed by atoms with Gasteiger partial charge in [0.15, 0.2) is 0 Å². The van der Waals surface area contributed by atoms with Crippen molar-refractivity contribution >= 4 is 23.4 Å². The number of amides is 2. The highest BCUT2D eigenvalue weighted by atomic mass is 35.5. The lowest BCUT2D eigenvalue weighted by Crippen LogP contribution is -2.50. The van der Waals surface area contributed by atoms with Gasteiger partial charge in [-0.2, -0.15) is 0 Å². The fraction of sp³-hybridized carbons (Fsp3) is 0.417. The summed E-state index contributed by atoms with van der Waals surface area (Å²) < 4.78 is 0. The Labute approximate surface area is 179 Å². The number of aryl methyl sites for hydroxylation is 1. The van der Waals surface area contributed by atoms with Gasteiger partial charge in [0.1, 0.15) is 6.04 Å². The molecule has 0 aliphatic rings. The number of hydrogen-bond donors (Lipinski definition) is 1. The van der Waals surface area contributed by atoms with Crippen molar-refractivity contribution < 1.29 is 9.59 Å². The molecule has 2 amide bonds. The molecular weight excluding hydrogens is 384 g/mol. The predicted molar refractivity (Wildman–Crippen MR) is 119 cm³/mol. The van der Waals surface area contributed by atoms with Gasteiger partial charge in [0.25, 0.3) is 0 Å². The molecule has 1 atom stereocenters. The van der Waals surface area contributed by atoms with E-state index in [0.717, 1.165) is 16.7 Å². The van der Waals surface area contributed by atoms with Gasteiger partial charge >= 0.3 is 0 Å². The van der Waals surface area contributed by atoms with Crippen LogP contribution in [0.4, 0.5) is 0 Å². The van der Waals surface area contributed by atoms with E-state index in [2.05, 4.69) is 19.2 Å². The van der Waals surface area contributed by atoms with Gasteiger partial charge in [0, 0.05) is 18.1 Å². The van der Waals surface area contributed by atoms with Crippen LogP contribution in [0.15, 0.2) is 48.5 Å². The third-order valence-electron chi connectivity index (χ3n) is 4.92. The van der Waals surface area contributed by atoms with E-state index < -0.39 is 6.04 Å². The Hall–Kier alpha value is -2.33. The monoisotopic (exact) mass is 414 g/mol. The first-order valence-corrected chi connectivity index (χ1v) is 10.6. The normalized spacial score (nSPS) is 11.9. The fourth-order valence-electron chi connectivity index (χ4n) is 3.24. The van der Waals surface area contributed by atoms with Crippen molar-refractivity contribution in [3.63, 3.8) is 0 Å². The summed E-state index contributed by atoms with van der Waals surface area (Å²) in [6, 6.07) is 14.8. The number of nitrogens with zero attached hydrogens (tertiary/aromatic N) is 1. The molecule has 0 saturated heterocycles. The molecule has 0 heterocycles. The average molecular weight is 415 g/mol. The van der Waals surface area contributed by atoms with Crippen molar-refractivity contribution in [2.75, 3.05) is 6.54 Å². The first kappa shape index (κ1) is 23.0. The lowest BCUT2D eigenvalue weighted by molar-refractivity contribution is -0.141. The lowest BCUT2D eigenvalue weighted by Gasteiger charge is -2.31. The zero-order chi connectivity index (χ0) is 21.4. The summed E-state index contributed by atoms with van der Waals surface area (Å²) >= 11 is 6.08. The van der Waals surface area contributed by atoms with Gasteiger partial charge in [-0.1, -0.05) is 68.8 Å². The van der Waals surface area contributed by atoms with Crippen molar-refractivity contribution in [3.8, 4) is 0 Å². The first-order valence-electron chi connectivity index (χ1n) is 10.2. The maximum Gasteiger partial charge on any atom is 0.242 e. The Morgan fingerprint density at radius 3 is 2.45 bits per heavy atom. The molecule has 2 aromatic rings. The van der Waals surface area contributed by atoms with E-state index >= 15 is 0 Å². The molecule has 0 fully saturated rings. The van der Waals surface area contributed by atoms with Crippen LogP contribution in [0.5, 0.6) is 0 Å². The second-order valence-corrected chi connectivity index (χ2v) is 8.25. The van der Waals surface area contributed by atoms with Crippen molar-refractivity contribution in [3.05, 3.63) is 70.2 Å².